The standard InChI is InChI=1S/C14H20F3N3/c1-3-10-6-4-5-7-11(10)20(2)13-9-8-12(18-19-13)14(15,16)17/h8-11H,3-7H2,1-2H3. The Kier molecular flexibility index (Phi) is 4.50. The van der Waals surface area contributed by atoms with Crippen LogP contribution < -0.4 is 4.90 Å². The van der Waals surface area contributed by atoms with E-state index in [2.05, 4.69) is 17.1 Å². The Morgan fingerprint density at radius 3 is 2.45 bits per heavy atom. The van der Waals surface area contributed by atoms with Crippen molar-refractivity contribution in [3.05, 3.63) is 17.8 Å². The largest absolute Gasteiger partial charge is 0.435 e. The minimum atomic E-state index is -4.43. The molecule has 1 aliphatic carbocycles. The Morgan fingerprint density at radius 2 is 1.90 bits per heavy atom. The third kappa shape index (κ3) is 3.22. The molecule has 112 valence electrons. The van der Waals surface area contributed by atoms with Crippen LogP contribution in [0.25, 0.3) is 0 Å². The van der Waals surface area contributed by atoms with Gasteiger partial charge < -0.3 is 4.90 Å². The SMILES string of the molecule is CCC1CCCCC1N(C)c1ccc(C(F)(F)F)nn1. The minimum Gasteiger partial charge on any atom is -0.355 e. The third-order valence-corrected chi connectivity index (χ3v) is 4.19. The van der Waals surface area contributed by atoms with E-state index in [-0.39, 0.29) is 0 Å². The Balaban J connectivity index is 2.14. The summed E-state index contributed by atoms with van der Waals surface area (Å²) in [4.78, 5) is 1.99. The van der Waals surface area contributed by atoms with Gasteiger partial charge >= 0.3 is 6.18 Å². The van der Waals surface area contributed by atoms with Crippen molar-refractivity contribution < 1.29 is 13.2 Å². The van der Waals surface area contributed by atoms with Gasteiger partial charge in [0.25, 0.3) is 0 Å². The summed E-state index contributed by atoms with van der Waals surface area (Å²) in [6.45, 7) is 2.16. The molecule has 0 bridgehead atoms. The predicted octanol–water partition coefficient (Wildman–Crippen LogP) is 3.90. The van der Waals surface area contributed by atoms with Crippen molar-refractivity contribution in [2.24, 2.45) is 5.92 Å². The molecule has 2 rings (SSSR count). The Labute approximate surface area is 117 Å². The van der Waals surface area contributed by atoms with Gasteiger partial charge in [0.1, 0.15) is 0 Å². The molecule has 0 spiro atoms. The summed E-state index contributed by atoms with van der Waals surface area (Å²) in [5, 5.41) is 7.04. The minimum absolute atomic E-state index is 0.347. The molecule has 1 aromatic heterocycles. The Morgan fingerprint density at radius 1 is 1.20 bits per heavy atom. The molecular weight excluding hydrogens is 267 g/mol. The van der Waals surface area contributed by atoms with Crippen molar-refractivity contribution in [2.45, 2.75) is 51.2 Å². The van der Waals surface area contributed by atoms with E-state index >= 15 is 0 Å². The fraction of sp³-hybridized carbons (Fsp3) is 0.714. The van der Waals surface area contributed by atoms with E-state index in [4.69, 9.17) is 0 Å². The number of hydrogen-bond acceptors (Lipinski definition) is 3. The number of anilines is 1. The van der Waals surface area contributed by atoms with Crippen LogP contribution >= 0.6 is 0 Å². The molecule has 1 saturated carbocycles. The van der Waals surface area contributed by atoms with Crippen LogP contribution in [0.3, 0.4) is 0 Å². The normalized spacial score (nSPS) is 23.6. The highest BCUT2D eigenvalue weighted by molar-refractivity contribution is 5.38. The average molecular weight is 287 g/mol. The maximum atomic E-state index is 12.5. The first-order valence-corrected chi connectivity index (χ1v) is 7.07. The lowest BCUT2D eigenvalue weighted by molar-refractivity contribution is -0.141. The van der Waals surface area contributed by atoms with Gasteiger partial charge in [-0.1, -0.05) is 26.2 Å². The van der Waals surface area contributed by atoms with E-state index in [0.29, 0.717) is 17.8 Å². The van der Waals surface area contributed by atoms with Crippen LogP contribution in [-0.2, 0) is 6.18 Å². The Bertz CT molecular complexity index is 430. The van der Waals surface area contributed by atoms with Gasteiger partial charge in [-0.05, 0) is 30.9 Å². The number of aromatic nitrogens is 2. The molecule has 1 fully saturated rings. The van der Waals surface area contributed by atoms with Crippen molar-refractivity contribution in [1.29, 1.82) is 0 Å². The molecule has 0 aromatic carbocycles. The number of hydrogen-bond donors (Lipinski definition) is 0. The van der Waals surface area contributed by atoms with Crippen molar-refractivity contribution >= 4 is 5.82 Å². The molecule has 2 unspecified atom stereocenters. The maximum Gasteiger partial charge on any atom is 0.435 e. The molecule has 6 heteroatoms. The van der Waals surface area contributed by atoms with Gasteiger partial charge in [-0.25, -0.2) is 0 Å². The first-order chi connectivity index (χ1) is 9.43. The fourth-order valence-electron chi connectivity index (χ4n) is 3.01. The van der Waals surface area contributed by atoms with E-state index in [1.54, 1.807) is 0 Å². The zero-order chi connectivity index (χ0) is 14.8. The number of rotatable bonds is 3. The monoisotopic (exact) mass is 287 g/mol. The highest BCUT2D eigenvalue weighted by Gasteiger charge is 2.33. The molecular formula is C14H20F3N3. The van der Waals surface area contributed by atoms with E-state index in [0.717, 1.165) is 18.9 Å². The second-order valence-electron chi connectivity index (χ2n) is 5.41. The van der Waals surface area contributed by atoms with Crippen LogP contribution in [0.5, 0.6) is 0 Å². The molecule has 0 aliphatic heterocycles. The molecule has 3 nitrogen and oxygen atoms in total. The van der Waals surface area contributed by atoms with Crippen molar-refractivity contribution in [3.8, 4) is 0 Å². The highest BCUT2D eigenvalue weighted by atomic mass is 19.4. The second kappa shape index (κ2) is 5.97. The van der Waals surface area contributed by atoms with Crippen molar-refractivity contribution in [3.63, 3.8) is 0 Å². The number of halogens is 3. The number of alkyl halides is 3. The van der Waals surface area contributed by atoms with Crippen molar-refractivity contribution in [2.75, 3.05) is 11.9 Å². The molecule has 0 saturated heterocycles. The van der Waals surface area contributed by atoms with Gasteiger partial charge in [-0.15, -0.1) is 10.2 Å². The maximum absolute atomic E-state index is 12.5. The molecule has 0 N–H and O–H groups in total. The molecule has 20 heavy (non-hydrogen) atoms. The molecule has 2 atom stereocenters. The van der Waals surface area contributed by atoms with Gasteiger partial charge in [0.05, 0.1) is 0 Å². The topological polar surface area (TPSA) is 29.0 Å². The lowest BCUT2D eigenvalue weighted by Crippen LogP contribution is -2.40. The van der Waals surface area contributed by atoms with Gasteiger partial charge in [-0.3, -0.25) is 0 Å². The van der Waals surface area contributed by atoms with E-state index in [9.17, 15) is 13.2 Å². The van der Waals surface area contributed by atoms with Gasteiger partial charge in [0, 0.05) is 13.1 Å². The van der Waals surface area contributed by atoms with E-state index < -0.39 is 11.9 Å². The predicted molar refractivity (Wildman–Crippen MR) is 71.5 cm³/mol. The second-order valence-corrected chi connectivity index (χ2v) is 5.41. The van der Waals surface area contributed by atoms with Crippen LogP contribution in [0.1, 0.15) is 44.7 Å². The lowest BCUT2D eigenvalue weighted by atomic mass is 9.82. The molecule has 0 amide bonds. The van der Waals surface area contributed by atoms with Crippen molar-refractivity contribution in [1.82, 2.24) is 10.2 Å². The van der Waals surface area contributed by atoms with Gasteiger partial charge in [-0.2, -0.15) is 13.2 Å². The summed E-state index contributed by atoms with van der Waals surface area (Å²) in [6, 6.07) is 2.76. The zero-order valence-electron chi connectivity index (χ0n) is 11.8. The number of nitrogens with zero attached hydrogens (tertiary/aromatic N) is 3. The molecule has 1 heterocycles. The van der Waals surface area contributed by atoms with Gasteiger partial charge in [0.15, 0.2) is 11.5 Å². The summed E-state index contributed by atoms with van der Waals surface area (Å²) < 4.78 is 37.4. The third-order valence-electron chi connectivity index (χ3n) is 4.19. The van der Waals surface area contributed by atoms with E-state index in [1.807, 2.05) is 11.9 Å². The summed E-state index contributed by atoms with van der Waals surface area (Å²) >= 11 is 0. The molecule has 0 radical (unpaired) electrons. The first kappa shape index (κ1) is 15.1. The van der Waals surface area contributed by atoms with Gasteiger partial charge in [0.2, 0.25) is 0 Å². The quantitative estimate of drug-likeness (QED) is 0.844. The van der Waals surface area contributed by atoms with Crippen LogP contribution in [0, 0.1) is 5.92 Å². The highest BCUT2D eigenvalue weighted by Crippen LogP contribution is 2.32. The smallest absolute Gasteiger partial charge is 0.355 e. The fourth-order valence-corrected chi connectivity index (χ4v) is 3.01. The van der Waals surface area contributed by atoms with Crippen LogP contribution in [-0.4, -0.2) is 23.3 Å². The molecule has 1 aromatic rings. The zero-order valence-corrected chi connectivity index (χ0v) is 11.8. The van der Waals surface area contributed by atoms with Crippen LogP contribution in [0.15, 0.2) is 12.1 Å². The Hall–Kier alpha value is -1.33. The first-order valence-electron chi connectivity index (χ1n) is 7.07. The van der Waals surface area contributed by atoms with Crippen LogP contribution in [0.4, 0.5) is 19.0 Å². The molecule has 1 aliphatic rings. The average Bonchev–Trinajstić information content (AvgIpc) is 2.45. The lowest BCUT2D eigenvalue weighted by Gasteiger charge is -2.38. The summed E-state index contributed by atoms with van der Waals surface area (Å²) in [6.07, 6.45) is 1.31. The summed E-state index contributed by atoms with van der Waals surface area (Å²) in [7, 11) is 1.90. The van der Waals surface area contributed by atoms with Crippen LogP contribution in [0.2, 0.25) is 0 Å². The summed E-state index contributed by atoms with van der Waals surface area (Å²) in [5.74, 6) is 1.10. The van der Waals surface area contributed by atoms with E-state index in [1.165, 1.54) is 25.3 Å². The summed E-state index contributed by atoms with van der Waals surface area (Å²) in [5.41, 5.74) is -0.940.